The fraction of sp³-hybridized carbons (Fsp3) is 0.818. The fourth-order valence-electron chi connectivity index (χ4n) is 2.12. The molecule has 0 radical (unpaired) electrons. The van der Waals surface area contributed by atoms with E-state index in [-0.39, 0.29) is 11.6 Å². The van der Waals surface area contributed by atoms with Crippen LogP contribution in [0.25, 0.3) is 0 Å². The number of thioether (sulfide) groups is 1. The molecule has 6 nitrogen and oxygen atoms in total. The van der Waals surface area contributed by atoms with E-state index in [1.54, 1.807) is 0 Å². The van der Waals surface area contributed by atoms with E-state index in [0.717, 1.165) is 12.8 Å². The van der Waals surface area contributed by atoms with Gasteiger partial charge in [0.05, 0.1) is 5.88 Å². The van der Waals surface area contributed by atoms with Crippen LogP contribution < -0.4 is 5.32 Å². The van der Waals surface area contributed by atoms with E-state index in [0.29, 0.717) is 24.8 Å². The van der Waals surface area contributed by atoms with Gasteiger partial charge in [-0.25, -0.2) is 9.59 Å². The molecule has 0 aromatic heterocycles. The maximum Gasteiger partial charge on any atom is 0.327 e. The Morgan fingerprint density at radius 1 is 1.44 bits per heavy atom. The van der Waals surface area contributed by atoms with Crippen molar-refractivity contribution in [3.63, 3.8) is 0 Å². The minimum Gasteiger partial charge on any atom is -0.480 e. The van der Waals surface area contributed by atoms with Crippen LogP contribution in [0.2, 0.25) is 0 Å². The molecular weight excluding hydrogens is 256 g/mol. The van der Waals surface area contributed by atoms with Crippen LogP contribution in [0.4, 0.5) is 4.79 Å². The zero-order chi connectivity index (χ0) is 13.2. The van der Waals surface area contributed by atoms with Gasteiger partial charge in [-0.1, -0.05) is 0 Å². The first-order valence-electron chi connectivity index (χ1n) is 5.99. The van der Waals surface area contributed by atoms with Gasteiger partial charge in [0.2, 0.25) is 0 Å². The Kier molecular flexibility index (Phi) is 4.01. The highest BCUT2D eigenvalue weighted by Crippen LogP contribution is 2.24. The van der Waals surface area contributed by atoms with E-state index in [1.807, 2.05) is 6.92 Å². The number of rotatable bonds is 2. The standard InChI is InChI=1S/C11H18N2O4S/c1-11(2-4-17-5-3-11)12-10(16)13-7-18-6-8(13)9(14)15/h8H,2-7H2,1H3,(H,12,16)(H,14,15). The summed E-state index contributed by atoms with van der Waals surface area (Å²) in [5.41, 5.74) is -0.286. The number of carboxylic acid groups (broad SMARTS) is 1. The fourth-order valence-corrected chi connectivity index (χ4v) is 3.27. The Balaban J connectivity index is 1.96. The molecule has 2 rings (SSSR count). The van der Waals surface area contributed by atoms with Crippen LogP contribution in [-0.2, 0) is 9.53 Å². The lowest BCUT2D eigenvalue weighted by Gasteiger charge is -2.36. The molecule has 102 valence electrons. The van der Waals surface area contributed by atoms with Crippen LogP contribution in [0.1, 0.15) is 19.8 Å². The van der Waals surface area contributed by atoms with Crippen LogP contribution in [0.5, 0.6) is 0 Å². The van der Waals surface area contributed by atoms with Crippen LogP contribution in [0.15, 0.2) is 0 Å². The minimum atomic E-state index is -0.938. The van der Waals surface area contributed by atoms with Crippen LogP contribution in [0.3, 0.4) is 0 Å². The van der Waals surface area contributed by atoms with E-state index in [4.69, 9.17) is 9.84 Å². The van der Waals surface area contributed by atoms with Crippen molar-refractivity contribution in [1.82, 2.24) is 10.2 Å². The number of ether oxygens (including phenoxy) is 1. The summed E-state index contributed by atoms with van der Waals surface area (Å²) in [6.07, 6.45) is 1.52. The maximum atomic E-state index is 12.1. The molecule has 2 N–H and O–H groups in total. The zero-order valence-corrected chi connectivity index (χ0v) is 11.2. The van der Waals surface area contributed by atoms with Gasteiger partial charge < -0.3 is 20.1 Å². The van der Waals surface area contributed by atoms with Crippen LogP contribution in [-0.4, -0.2) is 58.4 Å². The van der Waals surface area contributed by atoms with E-state index in [9.17, 15) is 9.59 Å². The van der Waals surface area contributed by atoms with Gasteiger partial charge in [0.1, 0.15) is 6.04 Å². The molecule has 2 aliphatic rings. The largest absolute Gasteiger partial charge is 0.480 e. The average molecular weight is 274 g/mol. The SMILES string of the molecule is CC1(NC(=O)N2CSCC2C(=O)O)CCOCC1. The molecule has 2 amide bonds. The summed E-state index contributed by atoms with van der Waals surface area (Å²) in [5.74, 6) is -0.0370. The summed E-state index contributed by atoms with van der Waals surface area (Å²) in [4.78, 5) is 24.6. The molecule has 0 aromatic rings. The molecule has 0 bridgehead atoms. The smallest absolute Gasteiger partial charge is 0.327 e. The Morgan fingerprint density at radius 2 is 2.11 bits per heavy atom. The van der Waals surface area contributed by atoms with Crippen LogP contribution in [0, 0.1) is 0 Å². The quantitative estimate of drug-likeness (QED) is 0.776. The van der Waals surface area contributed by atoms with Crippen molar-refractivity contribution in [2.75, 3.05) is 24.8 Å². The van der Waals surface area contributed by atoms with Gasteiger partial charge in [-0.05, 0) is 19.8 Å². The number of hydrogen-bond donors (Lipinski definition) is 2. The molecule has 18 heavy (non-hydrogen) atoms. The highest BCUT2D eigenvalue weighted by molar-refractivity contribution is 7.99. The topological polar surface area (TPSA) is 78.9 Å². The number of hydrogen-bond acceptors (Lipinski definition) is 4. The van der Waals surface area contributed by atoms with Crippen molar-refractivity contribution in [3.05, 3.63) is 0 Å². The number of nitrogens with zero attached hydrogens (tertiary/aromatic N) is 1. The van der Waals surface area contributed by atoms with Crippen molar-refractivity contribution < 1.29 is 19.4 Å². The molecule has 0 saturated carbocycles. The lowest BCUT2D eigenvalue weighted by molar-refractivity contribution is -0.140. The first kappa shape index (κ1) is 13.5. The lowest BCUT2D eigenvalue weighted by atomic mass is 9.93. The van der Waals surface area contributed by atoms with Gasteiger partial charge in [0, 0.05) is 24.5 Å². The summed E-state index contributed by atoms with van der Waals surface area (Å²) in [6.45, 7) is 3.24. The number of carbonyl (C=O) groups is 2. The zero-order valence-electron chi connectivity index (χ0n) is 10.3. The van der Waals surface area contributed by atoms with Crippen LogP contribution >= 0.6 is 11.8 Å². The van der Waals surface area contributed by atoms with E-state index >= 15 is 0 Å². The Bertz CT molecular complexity index is 344. The predicted molar refractivity (Wildman–Crippen MR) is 67.6 cm³/mol. The minimum absolute atomic E-state index is 0.281. The Labute approximate surface area is 110 Å². The molecule has 0 spiro atoms. The number of carbonyl (C=O) groups excluding carboxylic acids is 1. The molecule has 1 atom stereocenters. The van der Waals surface area contributed by atoms with Gasteiger partial charge in [0.15, 0.2) is 0 Å². The maximum absolute atomic E-state index is 12.1. The normalized spacial score (nSPS) is 26.9. The third kappa shape index (κ3) is 2.89. The number of carboxylic acids is 1. The third-order valence-corrected chi connectivity index (χ3v) is 4.45. The third-order valence-electron chi connectivity index (χ3n) is 3.43. The second-order valence-electron chi connectivity index (χ2n) is 4.93. The number of aliphatic carboxylic acids is 1. The summed E-state index contributed by atoms with van der Waals surface area (Å²) < 4.78 is 5.27. The molecule has 2 heterocycles. The molecule has 2 saturated heterocycles. The molecule has 1 unspecified atom stereocenters. The summed E-state index contributed by atoms with van der Waals surface area (Å²) in [5, 5.41) is 12.0. The summed E-state index contributed by atoms with van der Waals surface area (Å²) in [7, 11) is 0. The molecule has 0 aromatic carbocycles. The van der Waals surface area contributed by atoms with E-state index in [2.05, 4.69) is 5.32 Å². The second kappa shape index (κ2) is 5.36. The Morgan fingerprint density at radius 3 is 2.72 bits per heavy atom. The molecule has 2 aliphatic heterocycles. The summed E-state index contributed by atoms with van der Waals surface area (Å²) >= 11 is 1.47. The first-order valence-corrected chi connectivity index (χ1v) is 7.14. The molecule has 0 aliphatic carbocycles. The first-order chi connectivity index (χ1) is 8.52. The summed E-state index contributed by atoms with van der Waals surface area (Å²) in [6, 6.07) is -0.991. The van der Waals surface area contributed by atoms with Crippen molar-refractivity contribution >= 4 is 23.8 Å². The van der Waals surface area contributed by atoms with Gasteiger partial charge in [0.25, 0.3) is 0 Å². The predicted octanol–water partition coefficient (Wildman–Crippen LogP) is 0.725. The Hall–Kier alpha value is -0.950. The lowest BCUT2D eigenvalue weighted by Crippen LogP contribution is -2.56. The van der Waals surface area contributed by atoms with Crippen molar-refractivity contribution in [1.29, 1.82) is 0 Å². The van der Waals surface area contributed by atoms with Gasteiger partial charge in [-0.2, -0.15) is 0 Å². The molecule has 7 heteroatoms. The highest BCUT2D eigenvalue weighted by atomic mass is 32.2. The van der Waals surface area contributed by atoms with Crippen molar-refractivity contribution in [2.45, 2.75) is 31.3 Å². The number of urea groups is 1. The van der Waals surface area contributed by atoms with Gasteiger partial charge >= 0.3 is 12.0 Å². The molecular formula is C11H18N2O4S. The van der Waals surface area contributed by atoms with Gasteiger partial charge in [-0.3, -0.25) is 0 Å². The number of amides is 2. The number of nitrogens with one attached hydrogen (secondary N) is 1. The van der Waals surface area contributed by atoms with Crippen molar-refractivity contribution in [2.24, 2.45) is 0 Å². The van der Waals surface area contributed by atoms with E-state index in [1.165, 1.54) is 16.7 Å². The molecule has 2 fully saturated rings. The van der Waals surface area contributed by atoms with Crippen molar-refractivity contribution in [3.8, 4) is 0 Å². The van der Waals surface area contributed by atoms with E-state index < -0.39 is 12.0 Å². The van der Waals surface area contributed by atoms with Gasteiger partial charge in [-0.15, -0.1) is 11.8 Å². The second-order valence-corrected chi connectivity index (χ2v) is 5.93. The highest BCUT2D eigenvalue weighted by Gasteiger charge is 2.37. The monoisotopic (exact) mass is 274 g/mol. The average Bonchev–Trinajstić information content (AvgIpc) is 2.78.